The molecule has 7 heteroatoms. The van der Waals surface area contributed by atoms with Gasteiger partial charge in [-0.2, -0.15) is 0 Å². The summed E-state index contributed by atoms with van der Waals surface area (Å²) < 4.78 is 0. The molecule has 0 aliphatic carbocycles. The van der Waals surface area contributed by atoms with E-state index in [1.54, 1.807) is 0 Å². The summed E-state index contributed by atoms with van der Waals surface area (Å²) in [7, 11) is 0. The van der Waals surface area contributed by atoms with Crippen molar-refractivity contribution < 1.29 is 9.59 Å². The Hall–Kier alpha value is -1.92. The van der Waals surface area contributed by atoms with Gasteiger partial charge in [-0.3, -0.25) is 14.7 Å². The lowest BCUT2D eigenvalue weighted by Crippen LogP contribution is -2.35. The number of H-pyrrole nitrogens is 1. The van der Waals surface area contributed by atoms with Gasteiger partial charge in [-0.05, 0) is 13.3 Å². The van der Waals surface area contributed by atoms with E-state index in [0.29, 0.717) is 5.82 Å². The monoisotopic (exact) mass is 281 g/mol. The van der Waals surface area contributed by atoms with Gasteiger partial charge in [-0.1, -0.05) is 20.8 Å². The lowest BCUT2D eigenvalue weighted by Gasteiger charge is -2.11. The van der Waals surface area contributed by atoms with Crippen LogP contribution in [0.3, 0.4) is 0 Å². The van der Waals surface area contributed by atoms with Gasteiger partial charge in [0.2, 0.25) is 11.7 Å². The van der Waals surface area contributed by atoms with E-state index in [0.717, 1.165) is 6.42 Å². The molecular formula is C13H23N5O2. The van der Waals surface area contributed by atoms with Gasteiger partial charge in [0, 0.05) is 24.9 Å². The van der Waals surface area contributed by atoms with E-state index in [1.165, 1.54) is 0 Å². The van der Waals surface area contributed by atoms with Crippen molar-refractivity contribution in [1.29, 1.82) is 0 Å². The number of aromatic amines is 1. The highest BCUT2D eigenvalue weighted by atomic mass is 16.2. The minimum atomic E-state index is -0.371. The van der Waals surface area contributed by atoms with Crippen molar-refractivity contribution in [3.63, 3.8) is 0 Å². The maximum Gasteiger partial charge on any atom is 0.290 e. The molecule has 2 amide bonds. The van der Waals surface area contributed by atoms with Crippen molar-refractivity contribution in [1.82, 2.24) is 25.8 Å². The molecule has 0 aliphatic rings. The van der Waals surface area contributed by atoms with Crippen LogP contribution in [0.1, 0.15) is 62.9 Å². The number of hydrogen-bond acceptors (Lipinski definition) is 4. The summed E-state index contributed by atoms with van der Waals surface area (Å²) in [4.78, 5) is 27.4. The molecule has 112 valence electrons. The topological polar surface area (TPSA) is 99.8 Å². The van der Waals surface area contributed by atoms with E-state index < -0.39 is 0 Å². The molecule has 20 heavy (non-hydrogen) atoms. The third-order valence-electron chi connectivity index (χ3n) is 2.91. The number of rotatable bonds is 7. The molecule has 1 unspecified atom stereocenters. The van der Waals surface area contributed by atoms with Gasteiger partial charge in [0.15, 0.2) is 0 Å². The SMILES string of the molecule is CCC(C)NC(=O)CCNC(=O)c1n[nH]c(C(C)C)n1. The average molecular weight is 281 g/mol. The summed E-state index contributed by atoms with van der Waals surface area (Å²) in [6.07, 6.45) is 1.13. The average Bonchev–Trinajstić information content (AvgIpc) is 2.88. The summed E-state index contributed by atoms with van der Waals surface area (Å²) in [6.45, 7) is 8.13. The van der Waals surface area contributed by atoms with Crippen LogP contribution < -0.4 is 10.6 Å². The smallest absolute Gasteiger partial charge is 0.290 e. The fourth-order valence-corrected chi connectivity index (χ4v) is 1.45. The van der Waals surface area contributed by atoms with Crippen molar-refractivity contribution in [3.05, 3.63) is 11.6 Å². The Labute approximate surface area is 118 Å². The van der Waals surface area contributed by atoms with E-state index in [1.807, 2.05) is 27.7 Å². The summed E-state index contributed by atoms with van der Waals surface area (Å²) in [5.74, 6) is 0.521. The van der Waals surface area contributed by atoms with Crippen LogP contribution in [0.2, 0.25) is 0 Å². The predicted octanol–water partition coefficient (Wildman–Crippen LogP) is 0.963. The molecule has 0 saturated carbocycles. The highest BCUT2D eigenvalue weighted by Gasteiger charge is 2.14. The molecule has 0 radical (unpaired) electrons. The van der Waals surface area contributed by atoms with Gasteiger partial charge in [0.25, 0.3) is 5.91 Å². The summed E-state index contributed by atoms with van der Waals surface area (Å²) >= 11 is 0. The van der Waals surface area contributed by atoms with Crippen LogP contribution in [0.5, 0.6) is 0 Å². The predicted molar refractivity (Wildman–Crippen MR) is 75.3 cm³/mol. The minimum Gasteiger partial charge on any atom is -0.354 e. The van der Waals surface area contributed by atoms with Crippen molar-refractivity contribution in [3.8, 4) is 0 Å². The molecule has 0 aliphatic heterocycles. The highest BCUT2D eigenvalue weighted by molar-refractivity contribution is 5.90. The fourth-order valence-electron chi connectivity index (χ4n) is 1.45. The van der Waals surface area contributed by atoms with Crippen LogP contribution in [0.15, 0.2) is 0 Å². The van der Waals surface area contributed by atoms with Crippen LogP contribution >= 0.6 is 0 Å². The normalized spacial score (nSPS) is 12.2. The number of amides is 2. The number of carbonyl (C=O) groups is 2. The van der Waals surface area contributed by atoms with Crippen molar-refractivity contribution in [2.24, 2.45) is 0 Å². The molecule has 1 aromatic rings. The Kier molecular flexibility index (Phi) is 6.14. The number of nitrogens with one attached hydrogen (secondary N) is 3. The second-order valence-electron chi connectivity index (χ2n) is 5.08. The molecule has 1 atom stereocenters. The number of hydrogen-bond donors (Lipinski definition) is 3. The largest absolute Gasteiger partial charge is 0.354 e. The van der Waals surface area contributed by atoms with Crippen LogP contribution in [-0.2, 0) is 4.79 Å². The third-order valence-corrected chi connectivity index (χ3v) is 2.91. The Morgan fingerprint density at radius 2 is 2.00 bits per heavy atom. The molecule has 0 spiro atoms. The van der Waals surface area contributed by atoms with E-state index in [2.05, 4.69) is 25.8 Å². The van der Waals surface area contributed by atoms with Gasteiger partial charge >= 0.3 is 0 Å². The Balaban J connectivity index is 2.34. The zero-order valence-electron chi connectivity index (χ0n) is 12.5. The minimum absolute atomic E-state index is 0.0718. The summed E-state index contributed by atoms with van der Waals surface area (Å²) in [5.41, 5.74) is 0. The summed E-state index contributed by atoms with van der Waals surface area (Å²) in [6, 6.07) is 0.153. The zero-order valence-corrected chi connectivity index (χ0v) is 12.5. The maximum absolute atomic E-state index is 11.8. The maximum atomic E-state index is 11.8. The Morgan fingerprint density at radius 3 is 2.55 bits per heavy atom. The molecule has 0 aromatic carbocycles. The molecule has 3 N–H and O–H groups in total. The van der Waals surface area contributed by atoms with Gasteiger partial charge in [-0.15, -0.1) is 5.10 Å². The molecule has 7 nitrogen and oxygen atoms in total. The van der Waals surface area contributed by atoms with Gasteiger partial charge in [0.1, 0.15) is 5.82 Å². The van der Waals surface area contributed by atoms with Crippen molar-refractivity contribution >= 4 is 11.8 Å². The second-order valence-corrected chi connectivity index (χ2v) is 5.08. The first kappa shape index (κ1) is 16.1. The molecule has 1 aromatic heterocycles. The third kappa shape index (κ3) is 4.99. The van der Waals surface area contributed by atoms with Gasteiger partial charge in [0.05, 0.1) is 0 Å². The molecule has 0 saturated heterocycles. The number of aromatic nitrogens is 3. The van der Waals surface area contributed by atoms with Crippen LogP contribution in [0.4, 0.5) is 0 Å². The molecule has 1 rings (SSSR count). The molecular weight excluding hydrogens is 258 g/mol. The van der Waals surface area contributed by atoms with Crippen molar-refractivity contribution in [2.75, 3.05) is 6.54 Å². The Morgan fingerprint density at radius 1 is 1.30 bits per heavy atom. The van der Waals surface area contributed by atoms with Gasteiger partial charge < -0.3 is 10.6 Å². The lowest BCUT2D eigenvalue weighted by atomic mass is 10.2. The standard InChI is InChI=1S/C13H23N5O2/c1-5-9(4)15-10(19)6-7-14-13(20)12-16-11(8(2)3)17-18-12/h8-9H,5-7H2,1-4H3,(H,14,20)(H,15,19)(H,16,17,18). The molecule has 0 fully saturated rings. The van der Waals surface area contributed by atoms with Crippen LogP contribution in [-0.4, -0.2) is 39.6 Å². The van der Waals surface area contributed by atoms with E-state index in [4.69, 9.17) is 0 Å². The zero-order chi connectivity index (χ0) is 15.1. The number of carbonyl (C=O) groups excluding carboxylic acids is 2. The highest BCUT2D eigenvalue weighted by Crippen LogP contribution is 2.07. The molecule has 1 heterocycles. The first-order valence-electron chi connectivity index (χ1n) is 6.93. The van der Waals surface area contributed by atoms with Gasteiger partial charge in [-0.25, -0.2) is 4.98 Å². The van der Waals surface area contributed by atoms with Crippen molar-refractivity contribution in [2.45, 2.75) is 52.5 Å². The first-order chi connectivity index (χ1) is 9.43. The first-order valence-corrected chi connectivity index (χ1v) is 6.93. The van der Waals surface area contributed by atoms with E-state index in [-0.39, 0.29) is 42.6 Å². The Bertz CT molecular complexity index is 455. The van der Waals surface area contributed by atoms with E-state index in [9.17, 15) is 9.59 Å². The quantitative estimate of drug-likeness (QED) is 0.693. The second kappa shape index (κ2) is 7.62. The van der Waals surface area contributed by atoms with Crippen LogP contribution in [0.25, 0.3) is 0 Å². The van der Waals surface area contributed by atoms with Crippen LogP contribution in [0, 0.1) is 0 Å². The molecule has 0 bridgehead atoms. The summed E-state index contributed by atoms with van der Waals surface area (Å²) in [5, 5.41) is 12.0. The lowest BCUT2D eigenvalue weighted by molar-refractivity contribution is -0.121. The number of nitrogens with zero attached hydrogens (tertiary/aromatic N) is 2. The fraction of sp³-hybridized carbons (Fsp3) is 0.692. The van der Waals surface area contributed by atoms with E-state index >= 15 is 0 Å².